The third-order valence-corrected chi connectivity index (χ3v) is 7.31. The van der Waals surface area contributed by atoms with E-state index in [0.717, 1.165) is 6.42 Å². The molecule has 2 amide bonds. The van der Waals surface area contributed by atoms with Crippen LogP contribution in [0.4, 0.5) is 9.18 Å². The molecule has 0 unspecified atom stereocenters. The van der Waals surface area contributed by atoms with Gasteiger partial charge in [-0.1, -0.05) is 5.92 Å². The quantitative estimate of drug-likeness (QED) is 0.402. The Bertz CT molecular complexity index is 1540. The van der Waals surface area contributed by atoms with Crippen molar-refractivity contribution >= 4 is 44.4 Å². The van der Waals surface area contributed by atoms with Gasteiger partial charge < -0.3 is 19.7 Å². The molecule has 1 N–H and O–H groups in total. The summed E-state index contributed by atoms with van der Waals surface area (Å²) >= 11 is 1.26. The number of amides is 2. The normalized spacial score (nSPS) is 15.4. The Balaban J connectivity index is 1.45. The van der Waals surface area contributed by atoms with Crippen LogP contribution in [0, 0.1) is 25.1 Å². The van der Waals surface area contributed by atoms with Gasteiger partial charge in [0, 0.05) is 43.5 Å². The maximum Gasteiger partial charge on any atom is 0.327 e. The molecule has 10 heteroatoms. The Kier molecular flexibility index (Phi) is 6.35. The maximum atomic E-state index is 15.5. The van der Waals surface area contributed by atoms with Gasteiger partial charge in [-0.3, -0.25) is 14.3 Å². The molecular weight excluding hydrogens is 483 g/mol. The molecule has 1 aliphatic heterocycles. The van der Waals surface area contributed by atoms with Crippen LogP contribution in [0.25, 0.3) is 21.1 Å². The summed E-state index contributed by atoms with van der Waals surface area (Å²) in [5.41, 5.74) is 1.55. The summed E-state index contributed by atoms with van der Waals surface area (Å²) in [6, 6.07) is 7.61. The summed E-state index contributed by atoms with van der Waals surface area (Å²) < 4.78 is 28.8. The minimum absolute atomic E-state index is 0.0000566. The fraction of sp³-hybridized carbons (Fsp3) is 0.269. The van der Waals surface area contributed by atoms with Crippen LogP contribution in [-0.4, -0.2) is 59.2 Å². The lowest BCUT2D eigenvalue weighted by molar-refractivity contribution is 0.0728. The largest absolute Gasteiger partial charge is 0.453 e. The van der Waals surface area contributed by atoms with E-state index in [0.29, 0.717) is 45.1 Å². The summed E-state index contributed by atoms with van der Waals surface area (Å²) in [5.74, 6) is 2.05. The van der Waals surface area contributed by atoms with E-state index in [1.54, 1.807) is 49.4 Å². The van der Waals surface area contributed by atoms with E-state index in [4.69, 9.17) is 15.9 Å². The Morgan fingerprint density at radius 2 is 2.14 bits per heavy atom. The second kappa shape index (κ2) is 9.60. The van der Waals surface area contributed by atoms with Gasteiger partial charge in [0.25, 0.3) is 5.91 Å². The smallest absolute Gasteiger partial charge is 0.327 e. The SMILES string of the molecule is C#CCNC(=O)n1c(C)cc2c(F)c(Oc3ccnc4cc(C(=O)N5CC[C@@H](OC)C5)sc34)ccc21. The number of carbonyl (C=O) groups excluding carboxylic acids is 2. The predicted octanol–water partition coefficient (Wildman–Crippen LogP) is 4.54. The van der Waals surface area contributed by atoms with Crippen molar-refractivity contribution in [2.75, 3.05) is 26.7 Å². The van der Waals surface area contributed by atoms with E-state index in [1.807, 2.05) is 0 Å². The standard InChI is InChI=1S/C26H23FN4O4S/c1-4-9-29-26(33)31-15(2)12-17-19(31)5-6-20(23(17)27)35-21-7-10-28-18-13-22(36-24(18)21)25(32)30-11-8-16(14-30)34-3/h1,5-7,10,12-13,16H,8-9,11,14H2,2-3H3,(H,29,33)/t16-/m1/s1. The van der Waals surface area contributed by atoms with Crippen molar-refractivity contribution in [2.45, 2.75) is 19.4 Å². The molecule has 0 aliphatic carbocycles. The molecule has 4 heterocycles. The first kappa shape index (κ1) is 23.8. The third-order valence-electron chi connectivity index (χ3n) is 6.18. The van der Waals surface area contributed by atoms with Crippen molar-refractivity contribution in [1.29, 1.82) is 0 Å². The number of nitrogens with one attached hydrogen (secondary N) is 1. The van der Waals surface area contributed by atoms with Crippen molar-refractivity contribution in [2.24, 2.45) is 0 Å². The second-order valence-corrected chi connectivity index (χ2v) is 9.48. The highest BCUT2D eigenvalue weighted by atomic mass is 32.1. The molecule has 5 rings (SSSR count). The first-order chi connectivity index (χ1) is 17.4. The number of hydrogen-bond donors (Lipinski definition) is 1. The zero-order chi connectivity index (χ0) is 25.4. The number of pyridine rings is 1. The van der Waals surface area contributed by atoms with Crippen LogP contribution in [0.2, 0.25) is 0 Å². The van der Waals surface area contributed by atoms with Gasteiger partial charge in [0.1, 0.15) is 5.75 Å². The van der Waals surface area contributed by atoms with Gasteiger partial charge in [-0.25, -0.2) is 9.18 Å². The lowest BCUT2D eigenvalue weighted by Gasteiger charge is -2.14. The lowest BCUT2D eigenvalue weighted by Crippen LogP contribution is -2.29. The molecule has 4 aromatic rings. The van der Waals surface area contributed by atoms with Gasteiger partial charge in [-0.05, 0) is 37.6 Å². The number of thiophene rings is 1. The second-order valence-electron chi connectivity index (χ2n) is 8.43. The molecule has 0 bridgehead atoms. The zero-order valence-electron chi connectivity index (χ0n) is 19.7. The fourth-order valence-corrected chi connectivity index (χ4v) is 5.43. The summed E-state index contributed by atoms with van der Waals surface area (Å²) in [6.07, 6.45) is 7.62. The van der Waals surface area contributed by atoms with Gasteiger partial charge in [0.05, 0.1) is 33.3 Å². The molecule has 1 aliphatic rings. The molecule has 184 valence electrons. The van der Waals surface area contributed by atoms with Crippen molar-refractivity contribution < 1.29 is 23.5 Å². The van der Waals surface area contributed by atoms with E-state index >= 15 is 4.39 Å². The number of aromatic nitrogens is 2. The number of carbonyl (C=O) groups is 2. The number of ether oxygens (including phenoxy) is 2. The molecule has 3 aromatic heterocycles. The van der Waals surface area contributed by atoms with Crippen molar-refractivity contribution in [3.05, 3.63) is 52.9 Å². The van der Waals surface area contributed by atoms with Crippen molar-refractivity contribution in [3.63, 3.8) is 0 Å². The van der Waals surface area contributed by atoms with Crippen LogP contribution in [0.3, 0.4) is 0 Å². The van der Waals surface area contributed by atoms with Crippen LogP contribution < -0.4 is 10.1 Å². The lowest BCUT2D eigenvalue weighted by atomic mass is 10.2. The number of terminal acetylenes is 1. The average molecular weight is 507 g/mol. The maximum absolute atomic E-state index is 15.5. The van der Waals surface area contributed by atoms with E-state index in [1.165, 1.54) is 22.0 Å². The van der Waals surface area contributed by atoms with Crippen molar-refractivity contribution in [1.82, 2.24) is 19.8 Å². The van der Waals surface area contributed by atoms with Crippen LogP contribution in [0.5, 0.6) is 11.5 Å². The Hall–Kier alpha value is -3.94. The minimum atomic E-state index is -0.598. The number of fused-ring (bicyclic) bond motifs is 2. The summed E-state index contributed by atoms with van der Waals surface area (Å²) in [5, 5.41) is 2.84. The van der Waals surface area contributed by atoms with E-state index in [9.17, 15) is 9.59 Å². The van der Waals surface area contributed by atoms with Crippen LogP contribution in [-0.2, 0) is 4.74 Å². The molecule has 0 spiro atoms. The number of nitrogens with zero attached hydrogens (tertiary/aromatic N) is 3. The minimum Gasteiger partial charge on any atom is -0.453 e. The number of hydrogen-bond acceptors (Lipinski definition) is 6. The fourth-order valence-electron chi connectivity index (χ4n) is 4.39. The summed E-state index contributed by atoms with van der Waals surface area (Å²) in [4.78, 5) is 32.1. The average Bonchev–Trinajstić information content (AvgIpc) is 3.61. The molecule has 1 fully saturated rings. The van der Waals surface area contributed by atoms with Crippen LogP contribution in [0.15, 0.2) is 36.5 Å². The zero-order valence-corrected chi connectivity index (χ0v) is 20.5. The number of rotatable bonds is 5. The topological polar surface area (TPSA) is 85.7 Å². The molecule has 1 aromatic carbocycles. The molecule has 1 saturated heterocycles. The van der Waals surface area contributed by atoms with Gasteiger partial charge in [-0.2, -0.15) is 0 Å². The molecule has 8 nitrogen and oxygen atoms in total. The van der Waals surface area contributed by atoms with Crippen LogP contribution >= 0.6 is 11.3 Å². The Labute approximate surface area is 210 Å². The van der Waals surface area contributed by atoms with E-state index < -0.39 is 11.8 Å². The van der Waals surface area contributed by atoms with Gasteiger partial charge in [0.2, 0.25) is 0 Å². The summed E-state index contributed by atoms with van der Waals surface area (Å²) in [7, 11) is 1.65. The van der Waals surface area contributed by atoms with E-state index in [-0.39, 0.29) is 29.7 Å². The Morgan fingerprint density at radius 3 is 2.89 bits per heavy atom. The Morgan fingerprint density at radius 1 is 1.31 bits per heavy atom. The first-order valence-electron chi connectivity index (χ1n) is 11.3. The molecule has 1 atom stereocenters. The van der Waals surface area contributed by atoms with Gasteiger partial charge >= 0.3 is 6.03 Å². The highest BCUT2D eigenvalue weighted by molar-refractivity contribution is 7.21. The predicted molar refractivity (Wildman–Crippen MR) is 135 cm³/mol. The number of methoxy groups -OCH3 is 1. The van der Waals surface area contributed by atoms with E-state index in [2.05, 4.69) is 16.2 Å². The number of benzene rings is 1. The monoisotopic (exact) mass is 506 g/mol. The summed E-state index contributed by atoms with van der Waals surface area (Å²) in [6.45, 7) is 2.95. The highest BCUT2D eigenvalue weighted by Crippen LogP contribution is 2.38. The molecule has 0 saturated carbocycles. The molecular formula is C26H23FN4O4S. The number of aryl methyl sites for hydroxylation is 1. The van der Waals surface area contributed by atoms with Crippen LogP contribution in [0.1, 0.15) is 21.8 Å². The first-order valence-corrected chi connectivity index (χ1v) is 12.1. The number of halogens is 1. The molecule has 36 heavy (non-hydrogen) atoms. The van der Waals surface area contributed by atoms with Crippen molar-refractivity contribution in [3.8, 4) is 23.8 Å². The third kappa shape index (κ3) is 4.17. The van der Waals surface area contributed by atoms with Gasteiger partial charge in [0.15, 0.2) is 11.6 Å². The van der Waals surface area contributed by atoms with Gasteiger partial charge in [-0.15, -0.1) is 17.8 Å². The molecule has 0 radical (unpaired) electrons. The highest BCUT2D eigenvalue weighted by Gasteiger charge is 2.28. The number of likely N-dealkylation sites (tertiary alicyclic amines) is 1.